The van der Waals surface area contributed by atoms with E-state index in [1.165, 1.54) is 4.90 Å². The van der Waals surface area contributed by atoms with Crippen LogP contribution in [0.25, 0.3) is 6.08 Å². The average Bonchev–Trinajstić information content (AvgIpc) is 2.16. The first-order valence-corrected chi connectivity index (χ1v) is 5.02. The predicted octanol–water partition coefficient (Wildman–Crippen LogP) is 3.09. The third-order valence-electron chi connectivity index (χ3n) is 1.75. The van der Waals surface area contributed by atoms with E-state index in [2.05, 4.69) is 36.4 Å². The zero-order valence-electron chi connectivity index (χ0n) is 7.42. The highest BCUT2D eigenvalue weighted by Crippen LogP contribution is 2.23. The lowest BCUT2D eigenvalue weighted by Gasteiger charge is -2.06. The Morgan fingerprint density at radius 2 is 2.25 bits per heavy atom. The van der Waals surface area contributed by atoms with Crippen molar-refractivity contribution in [2.24, 2.45) is 0 Å². The van der Waals surface area contributed by atoms with Crippen LogP contribution in [-0.4, -0.2) is 13.3 Å². The van der Waals surface area contributed by atoms with E-state index < -0.39 is 0 Å². The maximum Gasteiger partial charge on any atom is 0.0422 e. The maximum atomic E-state index is 3.75. The van der Waals surface area contributed by atoms with Gasteiger partial charge in [-0.3, -0.25) is 0 Å². The molecule has 0 saturated carbocycles. The molecule has 0 atom stereocenters. The first-order valence-electron chi connectivity index (χ1n) is 3.80. The number of nitrogens with one attached hydrogen (secondary N) is 1. The Balaban J connectivity index is 3.10. The average molecular weight is 179 g/mol. The Labute approximate surface area is 77.9 Å². The summed E-state index contributed by atoms with van der Waals surface area (Å²) in [6, 6.07) is 6.30. The summed E-state index contributed by atoms with van der Waals surface area (Å²) >= 11 is 1.74. The Hall–Kier alpha value is -0.890. The highest BCUT2D eigenvalue weighted by molar-refractivity contribution is 7.98. The monoisotopic (exact) mass is 179 g/mol. The lowest BCUT2D eigenvalue weighted by molar-refractivity contribution is 1.40. The molecule has 0 aliphatic carbocycles. The third-order valence-corrected chi connectivity index (χ3v) is 2.48. The molecular weight excluding hydrogens is 166 g/mol. The largest absolute Gasteiger partial charge is 0.388 e. The van der Waals surface area contributed by atoms with E-state index in [-0.39, 0.29) is 0 Å². The molecule has 0 aliphatic heterocycles. The van der Waals surface area contributed by atoms with Crippen LogP contribution in [0.3, 0.4) is 0 Å². The summed E-state index contributed by atoms with van der Waals surface area (Å²) < 4.78 is 0. The highest BCUT2D eigenvalue weighted by Gasteiger charge is 1.97. The fraction of sp³-hybridized carbons (Fsp3) is 0.200. The van der Waals surface area contributed by atoms with Gasteiger partial charge in [0.25, 0.3) is 0 Å². The van der Waals surface area contributed by atoms with Crippen molar-refractivity contribution in [1.29, 1.82) is 0 Å². The van der Waals surface area contributed by atoms with Crippen LogP contribution >= 0.6 is 11.8 Å². The number of hydrogen-bond acceptors (Lipinski definition) is 2. The molecule has 12 heavy (non-hydrogen) atoms. The summed E-state index contributed by atoms with van der Waals surface area (Å²) in [6.07, 6.45) is 3.93. The summed E-state index contributed by atoms with van der Waals surface area (Å²) in [7, 11) is 1.92. The van der Waals surface area contributed by atoms with Crippen LogP contribution in [0.2, 0.25) is 0 Å². The molecule has 1 aromatic rings. The van der Waals surface area contributed by atoms with Crippen molar-refractivity contribution in [3.63, 3.8) is 0 Å². The fourth-order valence-electron chi connectivity index (χ4n) is 1.06. The third kappa shape index (κ3) is 1.83. The van der Waals surface area contributed by atoms with Crippen LogP contribution in [0, 0.1) is 0 Å². The molecule has 0 aliphatic rings. The van der Waals surface area contributed by atoms with Gasteiger partial charge in [0, 0.05) is 17.6 Å². The van der Waals surface area contributed by atoms with Gasteiger partial charge in [-0.05, 0) is 24.0 Å². The number of benzene rings is 1. The molecule has 64 valence electrons. The van der Waals surface area contributed by atoms with E-state index in [9.17, 15) is 0 Å². The summed E-state index contributed by atoms with van der Waals surface area (Å²) in [5, 5.41) is 3.14. The molecular formula is C10H13NS. The molecule has 1 rings (SSSR count). The molecule has 1 nitrogen and oxygen atoms in total. The molecule has 1 aromatic carbocycles. The number of thioether (sulfide) groups is 1. The fourth-order valence-corrected chi connectivity index (χ4v) is 1.50. The molecule has 2 heteroatoms. The van der Waals surface area contributed by atoms with Crippen molar-refractivity contribution in [1.82, 2.24) is 0 Å². The van der Waals surface area contributed by atoms with Crippen molar-refractivity contribution in [2.75, 3.05) is 18.6 Å². The summed E-state index contributed by atoms with van der Waals surface area (Å²) in [6.45, 7) is 3.75. The number of anilines is 1. The van der Waals surface area contributed by atoms with Crippen LogP contribution in [0.1, 0.15) is 5.56 Å². The molecule has 1 N–H and O–H groups in total. The van der Waals surface area contributed by atoms with E-state index in [1.807, 2.05) is 13.1 Å². The smallest absolute Gasteiger partial charge is 0.0422 e. The summed E-state index contributed by atoms with van der Waals surface area (Å²) in [4.78, 5) is 1.27. The van der Waals surface area contributed by atoms with Crippen molar-refractivity contribution in [2.45, 2.75) is 4.90 Å². The molecule has 0 unspecified atom stereocenters. The molecule has 0 saturated heterocycles. The second kappa shape index (κ2) is 4.21. The summed E-state index contributed by atoms with van der Waals surface area (Å²) in [5.41, 5.74) is 2.28. The standard InChI is InChI=1S/C10H13NS/c1-4-8-5-6-9(12-3)7-10(8)11-2/h4-7,11H,1H2,2-3H3. The van der Waals surface area contributed by atoms with Crippen LogP contribution in [0.5, 0.6) is 0 Å². The van der Waals surface area contributed by atoms with Gasteiger partial charge in [0.1, 0.15) is 0 Å². The van der Waals surface area contributed by atoms with Gasteiger partial charge in [0.2, 0.25) is 0 Å². The zero-order chi connectivity index (χ0) is 8.97. The van der Waals surface area contributed by atoms with E-state index in [0.717, 1.165) is 11.3 Å². The predicted molar refractivity (Wildman–Crippen MR) is 57.9 cm³/mol. The highest BCUT2D eigenvalue weighted by atomic mass is 32.2. The minimum absolute atomic E-state index is 1.14. The second-order valence-corrected chi connectivity index (χ2v) is 3.29. The second-order valence-electron chi connectivity index (χ2n) is 2.41. The van der Waals surface area contributed by atoms with Gasteiger partial charge in [-0.1, -0.05) is 18.7 Å². The Morgan fingerprint density at radius 3 is 2.75 bits per heavy atom. The molecule has 0 bridgehead atoms. The van der Waals surface area contributed by atoms with Crippen LogP contribution in [0.4, 0.5) is 5.69 Å². The molecule has 0 spiro atoms. The first kappa shape index (κ1) is 9.20. The first-order chi connectivity index (χ1) is 5.81. The van der Waals surface area contributed by atoms with Gasteiger partial charge >= 0.3 is 0 Å². The van der Waals surface area contributed by atoms with Crippen LogP contribution in [-0.2, 0) is 0 Å². The lowest BCUT2D eigenvalue weighted by Crippen LogP contribution is -1.91. The molecule has 0 aromatic heterocycles. The van der Waals surface area contributed by atoms with Gasteiger partial charge < -0.3 is 5.32 Å². The van der Waals surface area contributed by atoms with Crippen molar-refractivity contribution >= 4 is 23.5 Å². The number of rotatable bonds is 3. The van der Waals surface area contributed by atoms with Gasteiger partial charge in [-0.2, -0.15) is 0 Å². The van der Waals surface area contributed by atoms with E-state index >= 15 is 0 Å². The van der Waals surface area contributed by atoms with Crippen molar-refractivity contribution < 1.29 is 0 Å². The van der Waals surface area contributed by atoms with Crippen LogP contribution < -0.4 is 5.32 Å². The quantitative estimate of drug-likeness (QED) is 0.716. The van der Waals surface area contributed by atoms with Crippen molar-refractivity contribution in [3.8, 4) is 0 Å². The topological polar surface area (TPSA) is 12.0 Å². The van der Waals surface area contributed by atoms with Gasteiger partial charge in [0.15, 0.2) is 0 Å². The Morgan fingerprint density at radius 1 is 1.50 bits per heavy atom. The number of hydrogen-bond donors (Lipinski definition) is 1. The maximum absolute atomic E-state index is 3.75. The van der Waals surface area contributed by atoms with Gasteiger partial charge in [-0.15, -0.1) is 11.8 Å². The molecule has 0 radical (unpaired) electrons. The van der Waals surface area contributed by atoms with Gasteiger partial charge in [0.05, 0.1) is 0 Å². The normalized spacial score (nSPS) is 9.50. The lowest BCUT2D eigenvalue weighted by atomic mass is 10.2. The van der Waals surface area contributed by atoms with E-state index in [1.54, 1.807) is 11.8 Å². The zero-order valence-corrected chi connectivity index (χ0v) is 8.24. The molecule has 0 heterocycles. The minimum atomic E-state index is 1.14. The SMILES string of the molecule is C=Cc1ccc(SC)cc1NC. The van der Waals surface area contributed by atoms with Gasteiger partial charge in [-0.25, -0.2) is 0 Å². The van der Waals surface area contributed by atoms with Crippen molar-refractivity contribution in [3.05, 3.63) is 30.3 Å². The summed E-state index contributed by atoms with van der Waals surface area (Å²) in [5.74, 6) is 0. The van der Waals surface area contributed by atoms with E-state index in [4.69, 9.17) is 0 Å². The molecule has 0 amide bonds. The Bertz CT molecular complexity index is 281. The van der Waals surface area contributed by atoms with Crippen LogP contribution in [0.15, 0.2) is 29.7 Å². The van der Waals surface area contributed by atoms with E-state index in [0.29, 0.717) is 0 Å². The minimum Gasteiger partial charge on any atom is -0.388 e. The molecule has 0 fully saturated rings. The Kier molecular flexibility index (Phi) is 3.23.